The van der Waals surface area contributed by atoms with Crippen LogP contribution in [0.15, 0.2) is 36.7 Å². The average molecular weight is 266 g/mol. The fourth-order valence-electron chi connectivity index (χ4n) is 2.95. The number of carbonyl (C=O) groups is 1. The zero-order valence-electron chi connectivity index (χ0n) is 12.1. The number of amides is 1. The average Bonchev–Trinajstić information content (AvgIpc) is 2.76. The van der Waals surface area contributed by atoms with Gasteiger partial charge in [0.05, 0.1) is 0 Å². The van der Waals surface area contributed by atoms with Crippen LogP contribution >= 0.6 is 0 Å². The van der Waals surface area contributed by atoms with Gasteiger partial charge in [-0.2, -0.15) is 0 Å². The van der Waals surface area contributed by atoms with Crippen LogP contribution in [0, 0.1) is 13.8 Å². The van der Waals surface area contributed by atoms with Crippen molar-refractivity contribution < 1.29 is 4.79 Å². The second-order valence-corrected chi connectivity index (χ2v) is 5.49. The molecule has 1 atom stereocenters. The molecule has 0 N–H and O–H groups in total. The molecule has 1 aromatic carbocycles. The molecule has 0 saturated carbocycles. The molecule has 1 amide bonds. The zero-order chi connectivity index (χ0) is 14.3. The summed E-state index contributed by atoms with van der Waals surface area (Å²) in [5, 5.41) is 0. The zero-order valence-corrected chi connectivity index (χ0v) is 12.1. The minimum absolute atomic E-state index is 0.0711. The van der Waals surface area contributed by atoms with E-state index in [-0.39, 0.29) is 11.9 Å². The maximum Gasteiger partial charge on any atom is 0.258 e. The maximum atomic E-state index is 12.9. The highest BCUT2D eigenvalue weighted by Crippen LogP contribution is 2.35. The van der Waals surface area contributed by atoms with Gasteiger partial charge in [-0.15, -0.1) is 0 Å². The molecule has 0 fully saturated rings. The van der Waals surface area contributed by atoms with Crippen molar-refractivity contribution in [3.63, 3.8) is 0 Å². The molecule has 0 saturated heterocycles. The number of pyridine rings is 1. The van der Waals surface area contributed by atoms with Crippen molar-refractivity contribution in [2.24, 2.45) is 0 Å². The van der Waals surface area contributed by atoms with Crippen molar-refractivity contribution in [3.8, 4) is 0 Å². The van der Waals surface area contributed by atoms with Gasteiger partial charge in [0.25, 0.3) is 5.91 Å². The van der Waals surface area contributed by atoms with E-state index in [0.29, 0.717) is 0 Å². The number of aromatic nitrogens is 1. The number of fused-ring (bicyclic) bond motifs is 1. The van der Waals surface area contributed by atoms with E-state index < -0.39 is 0 Å². The van der Waals surface area contributed by atoms with Gasteiger partial charge in [0.15, 0.2) is 0 Å². The molecule has 3 heteroatoms. The van der Waals surface area contributed by atoms with Gasteiger partial charge in [-0.3, -0.25) is 9.78 Å². The number of anilines is 1. The number of nitrogens with zero attached hydrogens (tertiary/aromatic N) is 2. The van der Waals surface area contributed by atoms with E-state index in [1.165, 1.54) is 11.1 Å². The summed E-state index contributed by atoms with van der Waals surface area (Å²) in [5.41, 5.74) is 5.27. The first-order valence-electron chi connectivity index (χ1n) is 6.92. The summed E-state index contributed by atoms with van der Waals surface area (Å²) < 4.78 is 0. The minimum Gasteiger partial charge on any atom is -0.305 e. The Hall–Kier alpha value is -2.16. The van der Waals surface area contributed by atoms with Gasteiger partial charge < -0.3 is 4.90 Å². The molecular weight excluding hydrogens is 248 g/mol. The van der Waals surface area contributed by atoms with Crippen molar-refractivity contribution in [1.82, 2.24) is 4.98 Å². The Morgan fingerprint density at radius 1 is 1.25 bits per heavy atom. The first kappa shape index (κ1) is 12.9. The van der Waals surface area contributed by atoms with Crippen LogP contribution in [0.3, 0.4) is 0 Å². The lowest BCUT2D eigenvalue weighted by atomic mass is 10.1. The van der Waals surface area contributed by atoms with Gasteiger partial charge >= 0.3 is 0 Å². The molecule has 2 heterocycles. The van der Waals surface area contributed by atoms with Gasteiger partial charge in [-0.05, 0) is 56.0 Å². The van der Waals surface area contributed by atoms with Gasteiger partial charge in [-0.1, -0.05) is 12.1 Å². The third kappa shape index (κ3) is 1.90. The molecule has 0 bridgehead atoms. The highest BCUT2D eigenvalue weighted by atomic mass is 16.2. The SMILES string of the molecule is Cc1cnccc1C(=O)N1c2cccc(C)c2CC1C. The highest BCUT2D eigenvalue weighted by Gasteiger charge is 2.32. The van der Waals surface area contributed by atoms with E-state index >= 15 is 0 Å². The standard InChI is InChI=1S/C17H18N2O/c1-11-5-4-6-16-15(11)9-13(3)19(16)17(20)14-7-8-18-10-12(14)2/h4-8,10,13H,9H2,1-3H3. The predicted octanol–water partition coefficient (Wildman–Crippen LogP) is 3.29. The van der Waals surface area contributed by atoms with E-state index in [4.69, 9.17) is 0 Å². The largest absolute Gasteiger partial charge is 0.305 e. The van der Waals surface area contributed by atoms with Crippen LogP contribution in [-0.2, 0) is 6.42 Å². The summed E-state index contributed by atoms with van der Waals surface area (Å²) in [6.07, 6.45) is 4.35. The van der Waals surface area contributed by atoms with Crippen LogP contribution < -0.4 is 4.90 Å². The lowest BCUT2D eigenvalue weighted by Crippen LogP contribution is -2.36. The smallest absolute Gasteiger partial charge is 0.258 e. The third-order valence-corrected chi connectivity index (χ3v) is 4.05. The quantitative estimate of drug-likeness (QED) is 0.793. The summed E-state index contributed by atoms with van der Waals surface area (Å²) in [6, 6.07) is 8.17. The van der Waals surface area contributed by atoms with Crippen molar-refractivity contribution >= 4 is 11.6 Å². The molecule has 2 aromatic rings. The molecular formula is C17H18N2O. The summed E-state index contributed by atoms with van der Waals surface area (Å²) in [5.74, 6) is 0.0711. The molecule has 1 aliphatic heterocycles. The Kier molecular flexibility index (Phi) is 3.05. The Morgan fingerprint density at radius 3 is 2.80 bits per heavy atom. The Labute approximate surface area is 119 Å². The van der Waals surface area contributed by atoms with Crippen molar-refractivity contribution in [2.45, 2.75) is 33.2 Å². The molecule has 1 unspecified atom stereocenters. The first-order chi connectivity index (χ1) is 9.59. The fourth-order valence-corrected chi connectivity index (χ4v) is 2.95. The number of hydrogen-bond donors (Lipinski definition) is 0. The van der Waals surface area contributed by atoms with E-state index in [0.717, 1.165) is 23.2 Å². The van der Waals surface area contributed by atoms with E-state index in [1.54, 1.807) is 18.5 Å². The lowest BCUT2D eigenvalue weighted by molar-refractivity contribution is 0.0981. The van der Waals surface area contributed by atoms with Gasteiger partial charge in [0.2, 0.25) is 0 Å². The van der Waals surface area contributed by atoms with E-state index in [2.05, 4.69) is 24.9 Å². The number of carbonyl (C=O) groups excluding carboxylic acids is 1. The monoisotopic (exact) mass is 266 g/mol. The van der Waals surface area contributed by atoms with Gasteiger partial charge in [0.1, 0.15) is 0 Å². The summed E-state index contributed by atoms with van der Waals surface area (Å²) in [6.45, 7) is 6.14. The van der Waals surface area contributed by atoms with Crippen LogP contribution in [0.4, 0.5) is 5.69 Å². The Bertz CT molecular complexity index is 678. The highest BCUT2D eigenvalue weighted by molar-refractivity contribution is 6.08. The first-order valence-corrected chi connectivity index (χ1v) is 6.92. The minimum atomic E-state index is 0.0711. The molecule has 3 rings (SSSR count). The van der Waals surface area contributed by atoms with E-state index in [1.807, 2.05) is 24.0 Å². The third-order valence-electron chi connectivity index (χ3n) is 4.05. The molecule has 3 nitrogen and oxygen atoms in total. The molecule has 20 heavy (non-hydrogen) atoms. The molecule has 0 spiro atoms. The number of aryl methyl sites for hydroxylation is 2. The van der Waals surface area contributed by atoms with Gasteiger partial charge in [-0.25, -0.2) is 0 Å². The van der Waals surface area contributed by atoms with Crippen LogP contribution in [0.25, 0.3) is 0 Å². The topological polar surface area (TPSA) is 33.2 Å². The number of benzene rings is 1. The molecule has 0 aliphatic carbocycles. The summed E-state index contributed by atoms with van der Waals surface area (Å²) in [7, 11) is 0. The van der Waals surface area contributed by atoms with Crippen LogP contribution in [-0.4, -0.2) is 16.9 Å². The van der Waals surface area contributed by atoms with Crippen LogP contribution in [0.1, 0.15) is 34.0 Å². The normalized spacial score (nSPS) is 17.1. The molecule has 102 valence electrons. The summed E-state index contributed by atoms with van der Waals surface area (Å²) >= 11 is 0. The lowest BCUT2D eigenvalue weighted by Gasteiger charge is -2.23. The Morgan fingerprint density at radius 2 is 2.05 bits per heavy atom. The molecule has 1 aromatic heterocycles. The van der Waals surface area contributed by atoms with Crippen LogP contribution in [0.2, 0.25) is 0 Å². The number of rotatable bonds is 1. The van der Waals surface area contributed by atoms with E-state index in [9.17, 15) is 4.79 Å². The molecule has 1 aliphatic rings. The second kappa shape index (κ2) is 4.75. The maximum absolute atomic E-state index is 12.9. The predicted molar refractivity (Wildman–Crippen MR) is 80.1 cm³/mol. The number of hydrogen-bond acceptors (Lipinski definition) is 2. The fraction of sp³-hybridized carbons (Fsp3) is 0.294. The second-order valence-electron chi connectivity index (χ2n) is 5.49. The summed E-state index contributed by atoms with van der Waals surface area (Å²) in [4.78, 5) is 18.8. The van der Waals surface area contributed by atoms with Crippen molar-refractivity contribution in [2.75, 3.05) is 4.90 Å². The Balaban J connectivity index is 2.06. The molecule has 0 radical (unpaired) electrons. The van der Waals surface area contributed by atoms with Gasteiger partial charge in [0, 0.05) is 29.7 Å². The van der Waals surface area contributed by atoms with Crippen molar-refractivity contribution in [1.29, 1.82) is 0 Å². The van der Waals surface area contributed by atoms with Crippen molar-refractivity contribution in [3.05, 3.63) is 58.9 Å². The van der Waals surface area contributed by atoms with Crippen LogP contribution in [0.5, 0.6) is 0 Å².